The minimum Gasteiger partial charge on any atom is -0.383 e. The van der Waals surface area contributed by atoms with Crippen molar-refractivity contribution in [3.8, 4) is 11.4 Å². The smallest absolute Gasteiger partial charge is 0.240 e. The number of rotatable bonds is 10. The summed E-state index contributed by atoms with van der Waals surface area (Å²) in [7, 11) is -2.05. The van der Waals surface area contributed by atoms with Crippen molar-refractivity contribution < 1.29 is 13.2 Å². The number of benzene rings is 1. The molecule has 0 saturated heterocycles. The van der Waals surface area contributed by atoms with E-state index in [0.717, 1.165) is 30.2 Å². The highest BCUT2D eigenvalue weighted by Gasteiger charge is 2.14. The molecule has 0 atom stereocenters. The molecule has 9 nitrogen and oxygen atoms in total. The number of hydrogen-bond acceptors (Lipinski definition) is 7. The van der Waals surface area contributed by atoms with E-state index in [1.165, 1.54) is 19.2 Å². The zero-order valence-electron chi connectivity index (χ0n) is 17.3. The maximum atomic E-state index is 12.2. The molecule has 3 aromatic rings. The van der Waals surface area contributed by atoms with Crippen LogP contribution in [-0.4, -0.2) is 48.2 Å². The summed E-state index contributed by atoms with van der Waals surface area (Å²) in [5, 5.41) is 3.12. The second-order valence-electron chi connectivity index (χ2n) is 6.65. The molecule has 2 N–H and O–H groups in total. The molecule has 10 heteroatoms. The van der Waals surface area contributed by atoms with Crippen molar-refractivity contribution >= 4 is 21.7 Å². The Hall–Kier alpha value is -2.82. The number of aryl methyl sites for hydroxylation is 1. The Kier molecular flexibility index (Phi) is 7.14. The molecular formula is C20H26N6O3S. The van der Waals surface area contributed by atoms with Gasteiger partial charge in [-0.1, -0.05) is 6.92 Å². The number of nitrogens with one attached hydrogen (secondary N) is 2. The van der Waals surface area contributed by atoms with E-state index in [1.807, 2.05) is 19.2 Å². The Morgan fingerprint density at radius 1 is 1.13 bits per heavy atom. The first-order valence-electron chi connectivity index (χ1n) is 9.66. The monoisotopic (exact) mass is 430 g/mol. The molecule has 30 heavy (non-hydrogen) atoms. The van der Waals surface area contributed by atoms with Crippen LogP contribution in [0.2, 0.25) is 0 Å². The van der Waals surface area contributed by atoms with Gasteiger partial charge < -0.3 is 14.6 Å². The van der Waals surface area contributed by atoms with Crippen molar-refractivity contribution in [2.45, 2.75) is 31.7 Å². The fourth-order valence-corrected chi connectivity index (χ4v) is 3.96. The predicted molar refractivity (Wildman–Crippen MR) is 115 cm³/mol. The molecule has 0 unspecified atom stereocenters. The molecule has 0 aliphatic rings. The number of hydrogen-bond donors (Lipinski definition) is 2. The lowest BCUT2D eigenvalue weighted by Crippen LogP contribution is -2.27. The molecule has 0 bridgehead atoms. The van der Waals surface area contributed by atoms with Crippen LogP contribution in [0.15, 0.2) is 47.6 Å². The molecule has 1 aromatic carbocycles. The lowest BCUT2D eigenvalue weighted by atomic mass is 10.3. The Labute approximate surface area is 176 Å². The van der Waals surface area contributed by atoms with Crippen LogP contribution in [0.1, 0.15) is 19.2 Å². The van der Waals surface area contributed by atoms with Crippen molar-refractivity contribution in [3.63, 3.8) is 0 Å². The number of nitrogens with zero attached hydrogens (tertiary/aromatic N) is 4. The Morgan fingerprint density at radius 3 is 2.60 bits per heavy atom. The second kappa shape index (κ2) is 9.79. The molecule has 160 valence electrons. The topological polar surface area (TPSA) is 111 Å². The van der Waals surface area contributed by atoms with Crippen molar-refractivity contribution in [2.75, 3.05) is 25.6 Å². The first-order valence-corrected chi connectivity index (χ1v) is 11.1. The Morgan fingerprint density at radius 2 is 1.90 bits per heavy atom. The molecule has 0 spiro atoms. The summed E-state index contributed by atoms with van der Waals surface area (Å²) < 4.78 is 34.0. The van der Waals surface area contributed by atoms with E-state index in [1.54, 1.807) is 18.3 Å². The summed E-state index contributed by atoms with van der Waals surface area (Å²) in [4.78, 5) is 13.4. The fourth-order valence-electron chi connectivity index (χ4n) is 2.95. The quantitative estimate of drug-likeness (QED) is 0.476. The van der Waals surface area contributed by atoms with Crippen LogP contribution in [0.25, 0.3) is 11.4 Å². The third kappa shape index (κ3) is 5.21. The van der Waals surface area contributed by atoms with E-state index >= 15 is 0 Å². The maximum absolute atomic E-state index is 12.2. The normalized spacial score (nSPS) is 11.6. The third-order valence-corrected chi connectivity index (χ3v) is 5.92. The molecule has 0 saturated carbocycles. The largest absolute Gasteiger partial charge is 0.383 e. The van der Waals surface area contributed by atoms with Gasteiger partial charge in [-0.25, -0.2) is 28.1 Å². The summed E-state index contributed by atoms with van der Waals surface area (Å²) in [5.74, 6) is 1.36. The zero-order valence-corrected chi connectivity index (χ0v) is 18.1. The van der Waals surface area contributed by atoms with E-state index in [9.17, 15) is 8.42 Å². The van der Waals surface area contributed by atoms with Gasteiger partial charge in [0.05, 0.1) is 29.1 Å². The molecule has 0 aliphatic carbocycles. The predicted octanol–water partition coefficient (Wildman–Crippen LogP) is 2.73. The van der Waals surface area contributed by atoms with Crippen LogP contribution in [0.3, 0.4) is 0 Å². The maximum Gasteiger partial charge on any atom is 0.240 e. The Bertz CT molecular complexity index is 1080. The minimum atomic E-state index is -3.57. The first-order chi connectivity index (χ1) is 14.4. The van der Waals surface area contributed by atoms with E-state index in [-0.39, 0.29) is 11.4 Å². The lowest BCUT2D eigenvalue weighted by Gasteiger charge is -2.10. The second-order valence-corrected chi connectivity index (χ2v) is 8.41. The van der Waals surface area contributed by atoms with Crippen LogP contribution >= 0.6 is 0 Å². The minimum absolute atomic E-state index is 0.178. The van der Waals surface area contributed by atoms with Gasteiger partial charge in [-0.2, -0.15) is 0 Å². The highest BCUT2D eigenvalue weighted by Crippen LogP contribution is 2.22. The van der Waals surface area contributed by atoms with Crippen LogP contribution in [0.4, 0.5) is 11.6 Å². The SMILES string of the molecule is CCCn1c(-c2ccnc(Nc3ccc(S(=O)(=O)NCCOC)cc3)n2)cnc1C. The van der Waals surface area contributed by atoms with Crippen LogP contribution in [0, 0.1) is 6.92 Å². The molecule has 0 fully saturated rings. The first kappa shape index (κ1) is 21.9. The molecule has 2 aromatic heterocycles. The van der Waals surface area contributed by atoms with E-state index in [0.29, 0.717) is 18.2 Å². The molecule has 0 aliphatic heterocycles. The molecule has 3 rings (SSSR count). The van der Waals surface area contributed by atoms with Gasteiger partial charge in [-0.05, 0) is 43.7 Å². The molecule has 2 heterocycles. The van der Waals surface area contributed by atoms with E-state index in [4.69, 9.17) is 4.74 Å². The van der Waals surface area contributed by atoms with Gasteiger partial charge in [-0.3, -0.25) is 0 Å². The third-order valence-electron chi connectivity index (χ3n) is 4.44. The van der Waals surface area contributed by atoms with Crippen LogP contribution < -0.4 is 10.0 Å². The average molecular weight is 431 g/mol. The zero-order chi connectivity index (χ0) is 21.6. The van der Waals surface area contributed by atoms with Gasteiger partial charge in [0.25, 0.3) is 0 Å². The molecule has 0 amide bonds. The summed E-state index contributed by atoms with van der Waals surface area (Å²) in [5.41, 5.74) is 2.38. The van der Waals surface area contributed by atoms with Crippen LogP contribution in [0.5, 0.6) is 0 Å². The van der Waals surface area contributed by atoms with Gasteiger partial charge in [0, 0.05) is 32.1 Å². The van der Waals surface area contributed by atoms with Gasteiger partial charge >= 0.3 is 0 Å². The molecular weight excluding hydrogens is 404 g/mol. The summed E-state index contributed by atoms with van der Waals surface area (Å²) in [6, 6.07) is 8.25. The highest BCUT2D eigenvalue weighted by molar-refractivity contribution is 7.89. The van der Waals surface area contributed by atoms with Gasteiger partial charge in [-0.15, -0.1) is 0 Å². The van der Waals surface area contributed by atoms with E-state index in [2.05, 4.69) is 36.5 Å². The number of sulfonamides is 1. The summed E-state index contributed by atoms with van der Waals surface area (Å²) in [6.45, 7) is 5.48. The van der Waals surface area contributed by atoms with Crippen LogP contribution in [-0.2, 0) is 21.3 Å². The standard InChI is InChI=1S/C20H26N6O3S/c1-4-12-26-15(2)22-14-19(26)18-9-10-21-20(25-18)24-16-5-7-17(8-6-16)30(27,28)23-11-13-29-3/h5-10,14,23H,4,11-13H2,1-3H3,(H,21,24,25). The average Bonchev–Trinajstić information content (AvgIpc) is 3.09. The van der Waals surface area contributed by atoms with Gasteiger partial charge in [0.2, 0.25) is 16.0 Å². The lowest BCUT2D eigenvalue weighted by molar-refractivity contribution is 0.204. The summed E-state index contributed by atoms with van der Waals surface area (Å²) >= 11 is 0. The number of aromatic nitrogens is 4. The van der Waals surface area contributed by atoms with Gasteiger partial charge in [0.15, 0.2) is 0 Å². The van der Waals surface area contributed by atoms with E-state index < -0.39 is 10.0 Å². The summed E-state index contributed by atoms with van der Waals surface area (Å²) in [6.07, 6.45) is 4.49. The highest BCUT2D eigenvalue weighted by atomic mass is 32.2. The number of methoxy groups -OCH3 is 1. The van der Waals surface area contributed by atoms with Crippen molar-refractivity contribution in [1.29, 1.82) is 0 Å². The number of imidazole rings is 1. The van der Waals surface area contributed by atoms with Gasteiger partial charge in [0.1, 0.15) is 5.82 Å². The fraction of sp³-hybridized carbons (Fsp3) is 0.350. The van der Waals surface area contributed by atoms with Crippen molar-refractivity contribution in [2.24, 2.45) is 0 Å². The number of anilines is 2. The van der Waals surface area contributed by atoms with Crippen molar-refractivity contribution in [3.05, 3.63) is 48.5 Å². The molecule has 0 radical (unpaired) electrons. The number of ether oxygens (including phenoxy) is 1. The van der Waals surface area contributed by atoms with Crippen molar-refractivity contribution in [1.82, 2.24) is 24.2 Å². The Balaban J connectivity index is 1.76.